The summed E-state index contributed by atoms with van der Waals surface area (Å²) in [5.74, 6) is 2.29. The van der Waals surface area contributed by atoms with E-state index in [0.29, 0.717) is 12.5 Å². The molecule has 0 bridgehead atoms. The molecule has 2 fully saturated rings. The molecule has 1 atom stereocenters. The Morgan fingerprint density at radius 1 is 1.20 bits per heavy atom. The molecule has 1 saturated heterocycles. The van der Waals surface area contributed by atoms with Crippen molar-refractivity contribution in [3.63, 3.8) is 0 Å². The molecule has 7 heteroatoms. The molecule has 1 unspecified atom stereocenters. The van der Waals surface area contributed by atoms with Crippen LogP contribution >= 0.6 is 24.0 Å². The lowest BCUT2D eigenvalue weighted by Gasteiger charge is -2.26. The van der Waals surface area contributed by atoms with Crippen molar-refractivity contribution in [3.8, 4) is 5.75 Å². The van der Waals surface area contributed by atoms with Crippen LogP contribution in [0.25, 0.3) is 0 Å². The second kappa shape index (κ2) is 12.4. The second-order valence-electron chi connectivity index (χ2n) is 8.30. The van der Waals surface area contributed by atoms with Gasteiger partial charge in [0, 0.05) is 31.6 Å². The fourth-order valence-electron chi connectivity index (χ4n) is 4.40. The van der Waals surface area contributed by atoms with E-state index in [0.717, 1.165) is 56.2 Å². The van der Waals surface area contributed by atoms with Crippen LogP contribution in [0, 0.1) is 12.8 Å². The van der Waals surface area contributed by atoms with E-state index in [-0.39, 0.29) is 35.9 Å². The fourth-order valence-corrected chi connectivity index (χ4v) is 4.40. The largest absolute Gasteiger partial charge is 0.497 e. The number of nitrogens with one attached hydrogen (secondary N) is 2. The van der Waals surface area contributed by atoms with Gasteiger partial charge in [0.15, 0.2) is 5.96 Å². The fraction of sp³-hybridized carbons (Fsp3) is 0.652. The van der Waals surface area contributed by atoms with E-state index < -0.39 is 0 Å². The van der Waals surface area contributed by atoms with Crippen LogP contribution in [-0.4, -0.2) is 49.6 Å². The molecule has 1 saturated carbocycles. The number of carbonyl (C=O) groups is 1. The van der Waals surface area contributed by atoms with E-state index in [4.69, 9.17) is 9.73 Å². The lowest BCUT2D eigenvalue weighted by Crippen LogP contribution is -2.45. The molecule has 0 radical (unpaired) electrons. The lowest BCUT2D eigenvalue weighted by molar-refractivity contribution is -0.135. The Morgan fingerprint density at radius 3 is 2.67 bits per heavy atom. The van der Waals surface area contributed by atoms with Gasteiger partial charge < -0.3 is 20.3 Å². The normalized spacial score (nSPS) is 19.9. The number of hydrogen-bond acceptors (Lipinski definition) is 3. The standard InChI is InChI=1S/C23H36N4O2.HI/c1-4-24-23(25-15-18-12-17(2)13-21(14-18)29-3)26-20-10-11-27(16-20)22(28)19-8-6-5-7-9-19;/h12-14,19-20H,4-11,15-16H2,1-3H3,(H2,24,25,26);1H. The van der Waals surface area contributed by atoms with Gasteiger partial charge in [0.05, 0.1) is 13.7 Å². The summed E-state index contributed by atoms with van der Waals surface area (Å²) in [6.07, 6.45) is 6.79. The number of methoxy groups -OCH3 is 1. The number of nitrogens with zero attached hydrogens (tertiary/aromatic N) is 2. The zero-order valence-corrected chi connectivity index (χ0v) is 20.9. The molecule has 1 aromatic carbocycles. The van der Waals surface area contributed by atoms with Gasteiger partial charge in [-0.15, -0.1) is 24.0 Å². The highest BCUT2D eigenvalue weighted by Crippen LogP contribution is 2.26. The van der Waals surface area contributed by atoms with E-state index in [9.17, 15) is 4.79 Å². The molecule has 6 nitrogen and oxygen atoms in total. The predicted octanol–water partition coefficient (Wildman–Crippen LogP) is 3.86. The van der Waals surface area contributed by atoms with Crippen molar-refractivity contribution in [1.29, 1.82) is 0 Å². The Hall–Kier alpha value is -1.51. The van der Waals surface area contributed by atoms with Crippen molar-refractivity contribution in [3.05, 3.63) is 29.3 Å². The van der Waals surface area contributed by atoms with Crippen LogP contribution in [0.3, 0.4) is 0 Å². The van der Waals surface area contributed by atoms with Crippen LogP contribution in [-0.2, 0) is 11.3 Å². The molecule has 2 aliphatic rings. The number of halogens is 1. The van der Waals surface area contributed by atoms with E-state index in [2.05, 4.69) is 35.4 Å². The first-order chi connectivity index (χ1) is 14.1. The second-order valence-corrected chi connectivity index (χ2v) is 8.30. The minimum Gasteiger partial charge on any atom is -0.497 e. The van der Waals surface area contributed by atoms with E-state index in [1.165, 1.54) is 24.8 Å². The van der Waals surface area contributed by atoms with Crippen molar-refractivity contribution < 1.29 is 9.53 Å². The summed E-state index contributed by atoms with van der Waals surface area (Å²) in [5, 5.41) is 6.87. The maximum Gasteiger partial charge on any atom is 0.225 e. The molecular weight excluding hydrogens is 491 g/mol. The summed E-state index contributed by atoms with van der Waals surface area (Å²) in [7, 11) is 1.69. The van der Waals surface area contributed by atoms with E-state index in [1.807, 2.05) is 12.1 Å². The number of ether oxygens (including phenoxy) is 1. The van der Waals surface area contributed by atoms with Gasteiger partial charge in [-0.05, 0) is 56.4 Å². The van der Waals surface area contributed by atoms with E-state index in [1.54, 1.807) is 7.11 Å². The average molecular weight is 528 g/mol. The molecule has 30 heavy (non-hydrogen) atoms. The zero-order valence-electron chi connectivity index (χ0n) is 18.6. The van der Waals surface area contributed by atoms with Gasteiger partial charge in [-0.25, -0.2) is 4.99 Å². The van der Waals surface area contributed by atoms with Gasteiger partial charge in [-0.1, -0.05) is 25.3 Å². The average Bonchev–Trinajstić information content (AvgIpc) is 3.20. The SMILES string of the molecule is CCNC(=NCc1cc(C)cc(OC)c1)NC1CCN(C(=O)C2CCCCC2)C1.I. The first-order valence-electron chi connectivity index (χ1n) is 11.1. The van der Waals surface area contributed by atoms with Crippen LogP contribution in [0.2, 0.25) is 0 Å². The van der Waals surface area contributed by atoms with Crippen molar-refractivity contribution in [2.45, 2.75) is 65.0 Å². The molecule has 1 aliphatic carbocycles. The van der Waals surface area contributed by atoms with Crippen LogP contribution in [0.1, 0.15) is 56.6 Å². The summed E-state index contributed by atoms with van der Waals surface area (Å²) >= 11 is 0. The van der Waals surface area contributed by atoms with Gasteiger partial charge in [0.25, 0.3) is 0 Å². The van der Waals surface area contributed by atoms with Crippen LogP contribution < -0.4 is 15.4 Å². The smallest absolute Gasteiger partial charge is 0.225 e. The van der Waals surface area contributed by atoms with Crippen molar-refractivity contribution in [2.24, 2.45) is 10.9 Å². The van der Waals surface area contributed by atoms with Crippen LogP contribution in [0.15, 0.2) is 23.2 Å². The Labute approximate surface area is 198 Å². The van der Waals surface area contributed by atoms with Crippen LogP contribution in [0.4, 0.5) is 0 Å². The van der Waals surface area contributed by atoms with E-state index >= 15 is 0 Å². The zero-order chi connectivity index (χ0) is 20.6. The molecule has 1 amide bonds. The Bertz CT molecular complexity index is 719. The summed E-state index contributed by atoms with van der Waals surface area (Å²) in [6.45, 7) is 7.15. The molecule has 1 heterocycles. The topological polar surface area (TPSA) is 66.0 Å². The summed E-state index contributed by atoms with van der Waals surface area (Å²) < 4.78 is 5.36. The number of benzene rings is 1. The number of rotatable bonds is 6. The molecule has 0 spiro atoms. The highest BCUT2D eigenvalue weighted by molar-refractivity contribution is 14.0. The minimum absolute atomic E-state index is 0. The van der Waals surface area contributed by atoms with Gasteiger partial charge in [0.2, 0.25) is 5.91 Å². The molecule has 168 valence electrons. The Balaban J connectivity index is 0.00000320. The monoisotopic (exact) mass is 528 g/mol. The highest BCUT2D eigenvalue weighted by atomic mass is 127. The number of amides is 1. The lowest BCUT2D eigenvalue weighted by atomic mass is 9.88. The maximum absolute atomic E-state index is 12.8. The quantitative estimate of drug-likeness (QED) is 0.335. The first-order valence-corrected chi connectivity index (χ1v) is 11.1. The van der Waals surface area contributed by atoms with Gasteiger partial charge in [-0.2, -0.15) is 0 Å². The maximum atomic E-state index is 12.8. The Morgan fingerprint density at radius 2 is 1.97 bits per heavy atom. The van der Waals surface area contributed by atoms with Crippen molar-refractivity contribution >= 4 is 35.8 Å². The minimum atomic E-state index is 0. The summed E-state index contributed by atoms with van der Waals surface area (Å²) in [5.41, 5.74) is 2.29. The summed E-state index contributed by atoms with van der Waals surface area (Å²) in [6, 6.07) is 6.44. The number of aliphatic imine (C=N–C) groups is 1. The number of likely N-dealkylation sites (tertiary alicyclic amines) is 1. The number of aryl methyl sites for hydroxylation is 1. The van der Waals surface area contributed by atoms with Gasteiger partial charge in [0.1, 0.15) is 5.75 Å². The molecule has 2 N–H and O–H groups in total. The van der Waals surface area contributed by atoms with Crippen LogP contribution in [0.5, 0.6) is 5.75 Å². The number of guanidine groups is 1. The number of carbonyl (C=O) groups excluding carboxylic acids is 1. The van der Waals surface area contributed by atoms with Gasteiger partial charge in [-0.3, -0.25) is 4.79 Å². The molecule has 0 aromatic heterocycles. The molecular formula is C23H37IN4O2. The highest BCUT2D eigenvalue weighted by Gasteiger charge is 2.31. The van der Waals surface area contributed by atoms with Crippen molar-refractivity contribution in [1.82, 2.24) is 15.5 Å². The number of hydrogen-bond donors (Lipinski definition) is 2. The molecule has 3 rings (SSSR count). The third-order valence-corrected chi connectivity index (χ3v) is 5.91. The molecule has 1 aliphatic heterocycles. The predicted molar refractivity (Wildman–Crippen MR) is 133 cm³/mol. The third-order valence-electron chi connectivity index (χ3n) is 5.91. The first kappa shape index (κ1) is 24.8. The summed E-state index contributed by atoms with van der Waals surface area (Å²) in [4.78, 5) is 19.6. The Kier molecular flexibility index (Phi) is 10.2. The van der Waals surface area contributed by atoms with Crippen molar-refractivity contribution in [2.75, 3.05) is 26.7 Å². The molecule has 1 aromatic rings. The van der Waals surface area contributed by atoms with Gasteiger partial charge >= 0.3 is 0 Å². The third kappa shape index (κ3) is 7.03.